The maximum Gasteiger partial charge on any atom is 0.416 e. The number of sulfonamides is 1. The lowest BCUT2D eigenvalue weighted by atomic mass is 10.1. The van der Waals surface area contributed by atoms with Crippen LogP contribution in [-0.2, 0) is 21.0 Å². The molecule has 0 saturated heterocycles. The molecule has 6 nitrogen and oxygen atoms in total. The number of ether oxygens (including phenoxy) is 1. The van der Waals surface area contributed by atoms with E-state index in [4.69, 9.17) is 4.74 Å². The van der Waals surface area contributed by atoms with Gasteiger partial charge in [-0.05, 0) is 55.8 Å². The van der Waals surface area contributed by atoms with Crippen molar-refractivity contribution in [1.82, 2.24) is 0 Å². The molecule has 0 spiro atoms. The molecule has 10 heteroatoms. The number of benzene rings is 2. The fourth-order valence-corrected chi connectivity index (χ4v) is 4.13. The number of carbonyl (C=O) groups is 1. The second kappa shape index (κ2) is 9.38. The number of hydrogen-bond donors (Lipinski definition) is 1. The summed E-state index contributed by atoms with van der Waals surface area (Å²) in [5, 5.41) is 2.39. The van der Waals surface area contributed by atoms with E-state index in [-0.39, 0.29) is 17.8 Å². The number of alkyl halides is 3. The number of rotatable bonds is 8. The quantitative estimate of drug-likeness (QED) is 0.659. The first-order valence-corrected chi connectivity index (χ1v) is 11.0. The van der Waals surface area contributed by atoms with Crippen LogP contribution in [0.15, 0.2) is 48.5 Å². The van der Waals surface area contributed by atoms with Gasteiger partial charge in [0.05, 0.1) is 24.1 Å². The van der Waals surface area contributed by atoms with Crippen LogP contribution in [0.4, 0.5) is 24.5 Å². The van der Waals surface area contributed by atoms with Crippen molar-refractivity contribution >= 4 is 27.3 Å². The highest BCUT2D eigenvalue weighted by Gasteiger charge is 2.33. The summed E-state index contributed by atoms with van der Waals surface area (Å²) in [6.07, 6.45) is -3.50. The third-order valence-electron chi connectivity index (χ3n) is 4.19. The van der Waals surface area contributed by atoms with E-state index in [9.17, 15) is 26.4 Å². The van der Waals surface area contributed by atoms with Gasteiger partial charge in [0.1, 0.15) is 11.8 Å². The third-order valence-corrected chi connectivity index (χ3v) is 5.37. The Morgan fingerprint density at radius 1 is 1.13 bits per heavy atom. The molecule has 0 unspecified atom stereocenters. The smallest absolute Gasteiger partial charge is 0.416 e. The monoisotopic (exact) mass is 444 g/mol. The summed E-state index contributed by atoms with van der Waals surface area (Å²) in [7, 11) is -3.87. The second-order valence-corrected chi connectivity index (χ2v) is 8.34. The SMILES string of the molecule is CCOc1ccc(N([C@@H](CC)C(=O)Nc2cccc(C(F)(F)F)c2)S(C)(=O)=O)cc1. The van der Waals surface area contributed by atoms with Gasteiger partial charge in [0.15, 0.2) is 0 Å². The van der Waals surface area contributed by atoms with E-state index < -0.39 is 33.7 Å². The Morgan fingerprint density at radius 2 is 1.77 bits per heavy atom. The maximum absolute atomic E-state index is 12.9. The molecule has 164 valence electrons. The minimum absolute atomic E-state index is 0.0755. The molecule has 2 rings (SSSR count). The molecule has 2 aromatic carbocycles. The summed E-state index contributed by atoms with van der Waals surface area (Å²) in [6.45, 7) is 3.86. The lowest BCUT2D eigenvalue weighted by Crippen LogP contribution is -2.47. The lowest BCUT2D eigenvalue weighted by Gasteiger charge is -2.30. The normalized spacial score (nSPS) is 12.9. The molecule has 0 aromatic heterocycles. The van der Waals surface area contributed by atoms with Crippen molar-refractivity contribution in [2.75, 3.05) is 22.5 Å². The third kappa shape index (κ3) is 5.88. The first-order chi connectivity index (χ1) is 14.0. The van der Waals surface area contributed by atoms with Crippen LogP contribution in [0.25, 0.3) is 0 Å². The molecule has 1 amide bonds. The van der Waals surface area contributed by atoms with Crippen molar-refractivity contribution in [3.8, 4) is 5.75 Å². The Morgan fingerprint density at radius 3 is 2.27 bits per heavy atom. The predicted octanol–water partition coefficient (Wildman–Crippen LogP) is 4.29. The van der Waals surface area contributed by atoms with E-state index in [1.165, 1.54) is 24.3 Å². The van der Waals surface area contributed by atoms with Crippen molar-refractivity contribution in [2.24, 2.45) is 0 Å². The van der Waals surface area contributed by atoms with Crippen LogP contribution in [0.1, 0.15) is 25.8 Å². The fourth-order valence-electron chi connectivity index (χ4n) is 2.92. The lowest BCUT2D eigenvalue weighted by molar-refractivity contribution is -0.137. The van der Waals surface area contributed by atoms with Crippen LogP contribution in [0.3, 0.4) is 0 Å². The Hall–Kier alpha value is -2.75. The zero-order chi connectivity index (χ0) is 22.5. The summed E-state index contributed by atoms with van der Waals surface area (Å²) < 4.78 is 69.9. The zero-order valence-corrected chi connectivity index (χ0v) is 17.5. The highest BCUT2D eigenvalue weighted by Crippen LogP contribution is 2.31. The molecule has 0 saturated carbocycles. The van der Waals surface area contributed by atoms with Gasteiger partial charge in [-0.1, -0.05) is 13.0 Å². The molecule has 0 heterocycles. The van der Waals surface area contributed by atoms with Crippen molar-refractivity contribution < 1.29 is 31.1 Å². The van der Waals surface area contributed by atoms with Crippen LogP contribution < -0.4 is 14.4 Å². The van der Waals surface area contributed by atoms with Gasteiger partial charge in [0, 0.05) is 5.69 Å². The van der Waals surface area contributed by atoms with Crippen LogP contribution in [0, 0.1) is 0 Å². The van der Waals surface area contributed by atoms with Crippen LogP contribution in [0.5, 0.6) is 5.75 Å². The number of nitrogens with one attached hydrogen (secondary N) is 1. The van der Waals surface area contributed by atoms with Gasteiger partial charge >= 0.3 is 6.18 Å². The molecule has 0 radical (unpaired) electrons. The van der Waals surface area contributed by atoms with E-state index >= 15 is 0 Å². The summed E-state index contributed by atoms with van der Waals surface area (Å²) in [5.41, 5.74) is -0.750. The summed E-state index contributed by atoms with van der Waals surface area (Å²) >= 11 is 0. The minimum atomic E-state index is -4.56. The first kappa shape index (κ1) is 23.5. The summed E-state index contributed by atoms with van der Waals surface area (Å²) in [4.78, 5) is 12.8. The largest absolute Gasteiger partial charge is 0.494 e. The number of nitrogens with zero attached hydrogens (tertiary/aromatic N) is 1. The number of amides is 1. The van der Waals surface area contributed by atoms with Crippen molar-refractivity contribution in [3.63, 3.8) is 0 Å². The van der Waals surface area contributed by atoms with Crippen molar-refractivity contribution in [1.29, 1.82) is 0 Å². The Labute approximate surface area is 173 Å². The molecule has 0 aliphatic heterocycles. The van der Waals surface area contributed by atoms with Crippen LogP contribution in [0.2, 0.25) is 0 Å². The number of carbonyl (C=O) groups excluding carboxylic acids is 1. The van der Waals surface area contributed by atoms with E-state index in [0.717, 1.165) is 22.7 Å². The molecule has 0 bridgehead atoms. The van der Waals surface area contributed by atoms with Crippen LogP contribution in [-0.4, -0.2) is 33.2 Å². The van der Waals surface area contributed by atoms with E-state index in [1.807, 2.05) is 6.92 Å². The van der Waals surface area contributed by atoms with Crippen LogP contribution >= 0.6 is 0 Å². The topological polar surface area (TPSA) is 75.7 Å². The predicted molar refractivity (Wildman–Crippen MR) is 109 cm³/mol. The minimum Gasteiger partial charge on any atom is -0.494 e. The molecule has 0 aliphatic rings. The Balaban J connectivity index is 2.34. The van der Waals surface area contributed by atoms with Gasteiger partial charge in [-0.2, -0.15) is 13.2 Å². The average Bonchev–Trinajstić information content (AvgIpc) is 2.65. The van der Waals surface area contributed by atoms with E-state index in [0.29, 0.717) is 12.4 Å². The number of hydrogen-bond acceptors (Lipinski definition) is 4. The number of halogens is 3. The second-order valence-electron chi connectivity index (χ2n) is 6.48. The molecule has 1 N–H and O–H groups in total. The molecule has 0 aliphatic carbocycles. The van der Waals surface area contributed by atoms with Gasteiger partial charge in [-0.25, -0.2) is 8.42 Å². The van der Waals surface area contributed by atoms with Gasteiger partial charge in [0.2, 0.25) is 15.9 Å². The molecular weight excluding hydrogens is 421 g/mol. The van der Waals surface area contributed by atoms with Gasteiger partial charge in [0.25, 0.3) is 0 Å². The van der Waals surface area contributed by atoms with Gasteiger partial charge in [-0.15, -0.1) is 0 Å². The fraction of sp³-hybridized carbons (Fsp3) is 0.350. The summed E-state index contributed by atoms with van der Waals surface area (Å²) in [5.74, 6) is -0.202. The zero-order valence-electron chi connectivity index (χ0n) is 16.7. The highest BCUT2D eigenvalue weighted by atomic mass is 32.2. The number of anilines is 2. The molecule has 0 fully saturated rings. The Bertz CT molecular complexity index is 976. The molecular formula is C20H23F3N2O4S. The molecule has 2 aromatic rings. The highest BCUT2D eigenvalue weighted by molar-refractivity contribution is 7.92. The van der Waals surface area contributed by atoms with Crippen molar-refractivity contribution in [2.45, 2.75) is 32.5 Å². The average molecular weight is 444 g/mol. The van der Waals surface area contributed by atoms with E-state index in [2.05, 4.69) is 5.32 Å². The van der Waals surface area contributed by atoms with Gasteiger partial charge < -0.3 is 10.1 Å². The van der Waals surface area contributed by atoms with Gasteiger partial charge in [-0.3, -0.25) is 9.10 Å². The summed E-state index contributed by atoms with van der Waals surface area (Å²) in [6, 6.07) is 9.16. The van der Waals surface area contributed by atoms with E-state index in [1.54, 1.807) is 19.1 Å². The molecule has 1 atom stereocenters. The maximum atomic E-state index is 12.9. The molecule has 30 heavy (non-hydrogen) atoms. The Kier molecular flexibility index (Phi) is 7.35. The van der Waals surface area contributed by atoms with Crippen molar-refractivity contribution in [3.05, 3.63) is 54.1 Å². The standard InChI is InChI=1S/C20H23F3N2O4S/c1-4-18(19(26)24-15-8-6-7-14(13-15)20(21,22)23)25(30(3,27)28)16-9-11-17(12-10-16)29-5-2/h6-13,18H,4-5H2,1-3H3,(H,24,26)/t18-/m0/s1. The first-order valence-electron chi connectivity index (χ1n) is 9.17.